The quantitative estimate of drug-likeness (QED) is 0.298. The van der Waals surface area contributed by atoms with E-state index in [1.807, 2.05) is 0 Å². The third-order valence-electron chi connectivity index (χ3n) is 3.29. The summed E-state index contributed by atoms with van der Waals surface area (Å²) < 4.78 is 37.7. The number of carbonyl (C=O) groups excluding carboxylic acids is 1. The first-order valence-electron chi connectivity index (χ1n) is 7.41. The summed E-state index contributed by atoms with van der Waals surface area (Å²) in [5, 5.41) is 7.98. The number of allylic oxidation sites excluding steroid dienone is 2. The van der Waals surface area contributed by atoms with Crippen LogP contribution in [0.25, 0.3) is 5.57 Å². The van der Waals surface area contributed by atoms with E-state index >= 15 is 0 Å². The van der Waals surface area contributed by atoms with Crippen LogP contribution in [-0.4, -0.2) is 42.3 Å². The lowest BCUT2D eigenvalue weighted by molar-refractivity contribution is -0.104. The average Bonchev–Trinajstić information content (AvgIpc) is 2.57. The molecule has 0 N–H and O–H groups in total. The predicted octanol–water partition coefficient (Wildman–Crippen LogP) is 4.59. The van der Waals surface area contributed by atoms with Crippen LogP contribution in [0.4, 0.5) is 13.2 Å². The zero-order valence-electron chi connectivity index (χ0n) is 14.5. The van der Waals surface area contributed by atoms with Gasteiger partial charge in [-0.15, -0.1) is 0 Å². The van der Waals surface area contributed by atoms with Gasteiger partial charge in [0, 0.05) is 17.5 Å². The Labute approximate surface area is 154 Å². The maximum atomic E-state index is 12.6. The van der Waals surface area contributed by atoms with Crippen molar-refractivity contribution in [2.45, 2.75) is 26.9 Å². The number of hydrazone groups is 2. The summed E-state index contributed by atoms with van der Waals surface area (Å²) in [5.41, 5.74) is 0.535. The zero-order valence-corrected chi connectivity index (χ0v) is 15.3. The molecule has 0 spiro atoms. The van der Waals surface area contributed by atoms with Gasteiger partial charge in [0.2, 0.25) is 0 Å². The van der Waals surface area contributed by atoms with Crippen molar-refractivity contribution < 1.29 is 18.0 Å². The summed E-state index contributed by atoms with van der Waals surface area (Å²) in [6, 6.07) is 6.93. The van der Waals surface area contributed by atoms with Crippen LogP contribution in [0.1, 0.15) is 26.3 Å². The highest BCUT2D eigenvalue weighted by molar-refractivity contribution is 6.32. The normalized spacial score (nSPS) is 14.0. The molecule has 0 radical (unpaired) electrons. The third-order valence-corrected chi connectivity index (χ3v) is 3.62. The SMILES string of the molecule is C=NN(CC(C)=N/C(C=O)=C(\C)c1ccccc1Cl)/N=C(\C)C(F)(F)F. The highest BCUT2D eigenvalue weighted by Crippen LogP contribution is 2.25. The summed E-state index contributed by atoms with van der Waals surface area (Å²) in [6.07, 6.45) is -4.01. The summed E-state index contributed by atoms with van der Waals surface area (Å²) in [4.78, 5) is 15.6. The van der Waals surface area contributed by atoms with E-state index in [-0.39, 0.29) is 12.2 Å². The Balaban J connectivity index is 3.13. The number of rotatable bonds is 7. The van der Waals surface area contributed by atoms with Gasteiger partial charge in [0.05, 0.1) is 6.54 Å². The fraction of sp³-hybridized carbons (Fsp3) is 0.294. The molecule has 0 saturated carbocycles. The second-order valence-corrected chi connectivity index (χ2v) is 5.72. The molecule has 9 heteroatoms. The average molecular weight is 387 g/mol. The molecular formula is C17H18ClF3N4O. The molecule has 0 unspecified atom stereocenters. The van der Waals surface area contributed by atoms with Gasteiger partial charge >= 0.3 is 6.18 Å². The lowest BCUT2D eigenvalue weighted by Gasteiger charge is -2.15. The van der Waals surface area contributed by atoms with Crippen molar-refractivity contribution >= 4 is 41.6 Å². The predicted molar refractivity (Wildman–Crippen MR) is 98.6 cm³/mol. The number of hydrogen-bond acceptors (Lipinski definition) is 5. The second-order valence-electron chi connectivity index (χ2n) is 5.31. The van der Waals surface area contributed by atoms with Crippen molar-refractivity contribution in [2.24, 2.45) is 15.2 Å². The third kappa shape index (κ3) is 6.11. The Morgan fingerprint density at radius 2 is 1.88 bits per heavy atom. The van der Waals surface area contributed by atoms with Gasteiger partial charge < -0.3 is 0 Å². The van der Waals surface area contributed by atoms with Crippen LogP contribution in [0.5, 0.6) is 0 Å². The maximum absolute atomic E-state index is 12.6. The Morgan fingerprint density at radius 3 is 2.38 bits per heavy atom. The highest BCUT2D eigenvalue weighted by Gasteiger charge is 2.32. The number of aliphatic imine (C=N–C) groups is 1. The first-order chi connectivity index (χ1) is 12.1. The van der Waals surface area contributed by atoms with Gasteiger partial charge in [-0.3, -0.25) is 9.79 Å². The van der Waals surface area contributed by atoms with E-state index in [0.29, 0.717) is 28.2 Å². The van der Waals surface area contributed by atoms with Crippen molar-refractivity contribution in [2.75, 3.05) is 6.54 Å². The molecule has 140 valence electrons. The number of alkyl halides is 3. The van der Waals surface area contributed by atoms with Crippen LogP contribution >= 0.6 is 11.6 Å². The molecule has 0 fully saturated rings. The molecule has 0 aliphatic heterocycles. The van der Waals surface area contributed by atoms with E-state index in [1.54, 1.807) is 38.1 Å². The molecule has 0 amide bonds. The lowest BCUT2D eigenvalue weighted by atomic mass is 10.1. The fourth-order valence-corrected chi connectivity index (χ4v) is 2.17. The van der Waals surface area contributed by atoms with Crippen LogP contribution in [-0.2, 0) is 4.79 Å². The monoisotopic (exact) mass is 386 g/mol. The van der Waals surface area contributed by atoms with E-state index in [9.17, 15) is 18.0 Å². The number of carbonyl (C=O) groups is 1. The molecule has 0 atom stereocenters. The molecular weight excluding hydrogens is 369 g/mol. The smallest absolute Gasteiger partial charge is 0.296 e. The van der Waals surface area contributed by atoms with Gasteiger partial charge in [-0.2, -0.15) is 28.5 Å². The van der Waals surface area contributed by atoms with Gasteiger partial charge in [0.1, 0.15) is 11.4 Å². The fourth-order valence-electron chi connectivity index (χ4n) is 1.89. The largest absolute Gasteiger partial charge is 0.430 e. The van der Waals surface area contributed by atoms with Gasteiger partial charge in [-0.25, -0.2) is 0 Å². The summed E-state index contributed by atoms with van der Waals surface area (Å²) in [6.45, 7) is 7.07. The minimum absolute atomic E-state index is 0.108. The number of hydrogen-bond donors (Lipinski definition) is 0. The maximum Gasteiger partial charge on any atom is 0.430 e. The summed E-state index contributed by atoms with van der Waals surface area (Å²) in [5.74, 6) is 0. The molecule has 5 nitrogen and oxygen atoms in total. The molecule has 0 heterocycles. The molecule has 0 aromatic heterocycles. The first-order valence-corrected chi connectivity index (χ1v) is 7.79. The Morgan fingerprint density at radius 1 is 1.27 bits per heavy atom. The van der Waals surface area contributed by atoms with E-state index in [2.05, 4.69) is 21.9 Å². The van der Waals surface area contributed by atoms with E-state index in [4.69, 9.17) is 11.6 Å². The molecule has 1 aromatic carbocycles. The van der Waals surface area contributed by atoms with Crippen LogP contribution in [0.15, 0.2) is 45.2 Å². The van der Waals surface area contributed by atoms with Gasteiger partial charge in [0.25, 0.3) is 0 Å². The molecule has 0 aliphatic carbocycles. The Bertz CT molecular complexity index is 770. The molecule has 1 rings (SSSR count). The van der Waals surface area contributed by atoms with E-state index in [0.717, 1.165) is 12.0 Å². The van der Waals surface area contributed by atoms with Crippen LogP contribution in [0, 0.1) is 0 Å². The first kappa shape index (κ1) is 21.6. The molecule has 0 aliphatic rings. The standard InChI is InChI=1S/C17H18ClF3N4O/c1-11(9-25(22-4)24-13(3)17(19,20)21)23-16(10-26)12(2)14-7-5-6-8-15(14)18/h5-8,10H,4,9H2,1-3H3/b16-12+,23-11?,24-13+. The zero-order chi connectivity index (χ0) is 19.9. The van der Waals surface area contributed by atoms with Crippen molar-refractivity contribution in [3.8, 4) is 0 Å². The summed E-state index contributed by atoms with van der Waals surface area (Å²) >= 11 is 6.11. The molecule has 0 bridgehead atoms. The topological polar surface area (TPSA) is 57.4 Å². The van der Waals surface area contributed by atoms with Crippen molar-refractivity contribution in [1.29, 1.82) is 0 Å². The summed E-state index contributed by atoms with van der Waals surface area (Å²) in [7, 11) is 0. The van der Waals surface area contributed by atoms with Crippen molar-refractivity contribution in [3.05, 3.63) is 40.5 Å². The van der Waals surface area contributed by atoms with Crippen LogP contribution in [0.2, 0.25) is 5.02 Å². The number of nitrogens with zero attached hydrogens (tertiary/aromatic N) is 4. The second kappa shape index (κ2) is 9.28. The number of aldehydes is 1. The van der Waals surface area contributed by atoms with Crippen LogP contribution in [0.3, 0.4) is 0 Å². The highest BCUT2D eigenvalue weighted by atomic mass is 35.5. The Kier molecular flexibility index (Phi) is 7.70. The molecule has 0 saturated heterocycles. The van der Waals surface area contributed by atoms with E-state index < -0.39 is 11.9 Å². The lowest BCUT2D eigenvalue weighted by Crippen LogP contribution is -2.26. The van der Waals surface area contributed by atoms with E-state index in [1.165, 1.54) is 0 Å². The Hall–Kier alpha value is -2.48. The van der Waals surface area contributed by atoms with Gasteiger partial charge in [0.15, 0.2) is 6.29 Å². The van der Waals surface area contributed by atoms with Gasteiger partial charge in [-0.1, -0.05) is 29.8 Å². The number of benzene rings is 1. The minimum atomic E-state index is -4.57. The number of halogens is 4. The molecule has 1 aromatic rings. The minimum Gasteiger partial charge on any atom is -0.296 e. The van der Waals surface area contributed by atoms with Crippen molar-refractivity contribution in [3.63, 3.8) is 0 Å². The van der Waals surface area contributed by atoms with Crippen molar-refractivity contribution in [1.82, 2.24) is 5.12 Å². The van der Waals surface area contributed by atoms with Crippen LogP contribution < -0.4 is 0 Å². The molecule has 26 heavy (non-hydrogen) atoms. The van der Waals surface area contributed by atoms with Gasteiger partial charge in [-0.05, 0) is 38.0 Å².